The molecule has 0 radical (unpaired) electrons. The first-order valence-corrected chi connectivity index (χ1v) is 7.58. The van der Waals surface area contributed by atoms with Crippen molar-refractivity contribution in [1.29, 1.82) is 0 Å². The van der Waals surface area contributed by atoms with Crippen molar-refractivity contribution in [3.63, 3.8) is 0 Å². The average molecular weight is 341 g/mol. The molecule has 0 aliphatic carbocycles. The van der Waals surface area contributed by atoms with Crippen LogP contribution in [-0.4, -0.2) is 48.4 Å². The maximum atomic E-state index is 12.2. The first-order chi connectivity index (χ1) is 9.41. The van der Waals surface area contributed by atoms with Crippen LogP contribution in [0.2, 0.25) is 0 Å². The molecule has 1 fully saturated rings. The number of methoxy groups -OCH3 is 1. The Kier molecular flexibility index (Phi) is 4.58. The van der Waals surface area contributed by atoms with Crippen molar-refractivity contribution < 1.29 is 9.53 Å². The van der Waals surface area contributed by atoms with Crippen LogP contribution in [0, 0.1) is 0 Å². The summed E-state index contributed by atoms with van der Waals surface area (Å²) in [5.41, 5.74) is 1.15. The molecule has 0 saturated carbocycles. The number of hydrogen-bond donors (Lipinski definition) is 0. The number of alkyl halides is 1. The second-order valence-electron chi connectivity index (χ2n) is 5.45. The minimum atomic E-state index is -0.481. The van der Waals surface area contributed by atoms with Crippen molar-refractivity contribution in [2.45, 2.75) is 18.2 Å². The van der Waals surface area contributed by atoms with Gasteiger partial charge in [-0.1, -0.05) is 22.0 Å². The highest BCUT2D eigenvalue weighted by Gasteiger charge is 2.31. The highest BCUT2D eigenvalue weighted by atomic mass is 79.9. The Bertz CT molecular complexity index is 477. The van der Waals surface area contributed by atoms with E-state index in [1.54, 1.807) is 7.11 Å². The van der Waals surface area contributed by atoms with Gasteiger partial charge in [0.1, 0.15) is 5.75 Å². The van der Waals surface area contributed by atoms with E-state index in [1.807, 2.05) is 36.9 Å². The van der Waals surface area contributed by atoms with Gasteiger partial charge in [0.05, 0.1) is 11.4 Å². The molecule has 1 aromatic carbocycles. The van der Waals surface area contributed by atoms with Gasteiger partial charge in [0.25, 0.3) is 0 Å². The Balaban J connectivity index is 1.99. The number of amides is 1. The van der Waals surface area contributed by atoms with Gasteiger partial charge in [0, 0.05) is 37.9 Å². The summed E-state index contributed by atoms with van der Waals surface area (Å²) in [5.74, 6) is 1.02. The van der Waals surface area contributed by atoms with E-state index in [0.717, 1.165) is 37.6 Å². The Morgan fingerprint density at radius 3 is 2.45 bits per heavy atom. The maximum Gasteiger partial charge on any atom is 0.239 e. The van der Waals surface area contributed by atoms with E-state index in [9.17, 15) is 4.79 Å². The van der Waals surface area contributed by atoms with Gasteiger partial charge in [-0.3, -0.25) is 4.79 Å². The third kappa shape index (κ3) is 3.45. The molecule has 110 valence electrons. The van der Waals surface area contributed by atoms with Crippen LogP contribution in [0.3, 0.4) is 0 Å². The normalized spacial score (nSPS) is 16.2. The number of rotatable bonds is 3. The summed E-state index contributed by atoms with van der Waals surface area (Å²) < 4.78 is 4.77. The second-order valence-corrected chi connectivity index (χ2v) is 7.44. The van der Waals surface area contributed by atoms with E-state index in [-0.39, 0.29) is 5.91 Å². The number of carbonyl (C=O) groups excluding carboxylic acids is 1. The molecule has 1 amide bonds. The molecule has 0 spiro atoms. The Morgan fingerprint density at radius 2 is 1.90 bits per heavy atom. The summed E-state index contributed by atoms with van der Waals surface area (Å²) in [6.45, 7) is 6.99. The third-order valence-corrected chi connectivity index (χ3v) is 3.83. The number of hydrogen-bond acceptors (Lipinski definition) is 3. The van der Waals surface area contributed by atoms with Crippen LogP contribution >= 0.6 is 15.9 Å². The number of ether oxygens (including phenoxy) is 1. The zero-order valence-electron chi connectivity index (χ0n) is 12.2. The number of piperazine rings is 1. The minimum Gasteiger partial charge on any atom is -0.497 e. The number of nitrogens with zero attached hydrogens (tertiary/aromatic N) is 2. The zero-order chi connectivity index (χ0) is 14.8. The van der Waals surface area contributed by atoms with Crippen LogP contribution < -0.4 is 9.64 Å². The summed E-state index contributed by atoms with van der Waals surface area (Å²) in [6.07, 6.45) is 0. The molecule has 0 N–H and O–H groups in total. The van der Waals surface area contributed by atoms with Gasteiger partial charge >= 0.3 is 0 Å². The number of benzene rings is 1. The highest BCUT2D eigenvalue weighted by molar-refractivity contribution is 9.10. The fourth-order valence-electron chi connectivity index (χ4n) is 2.35. The molecule has 0 atom stereocenters. The predicted molar refractivity (Wildman–Crippen MR) is 84.8 cm³/mol. The van der Waals surface area contributed by atoms with Crippen LogP contribution in [0.1, 0.15) is 13.8 Å². The Hall–Kier alpha value is -1.23. The van der Waals surface area contributed by atoms with Crippen LogP contribution in [0.15, 0.2) is 24.3 Å². The van der Waals surface area contributed by atoms with Crippen LogP contribution in [-0.2, 0) is 4.79 Å². The van der Waals surface area contributed by atoms with Gasteiger partial charge < -0.3 is 14.5 Å². The average Bonchev–Trinajstić information content (AvgIpc) is 2.46. The highest BCUT2D eigenvalue weighted by Crippen LogP contribution is 2.24. The molecule has 2 rings (SSSR count). The molecule has 1 heterocycles. The Labute approximate surface area is 128 Å². The van der Waals surface area contributed by atoms with E-state index in [2.05, 4.69) is 26.9 Å². The van der Waals surface area contributed by atoms with E-state index in [0.29, 0.717) is 0 Å². The zero-order valence-corrected chi connectivity index (χ0v) is 13.8. The van der Waals surface area contributed by atoms with Crippen LogP contribution in [0.4, 0.5) is 5.69 Å². The van der Waals surface area contributed by atoms with Crippen LogP contribution in [0.5, 0.6) is 5.75 Å². The molecule has 1 aliphatic rings. The predicted octanol–water partition coefficient (Wildman–Crippen LogP) is 2.52. The molecule has 20 heavy (non-hydrogen) atoms. The lowest BCUT2D eigenvalue weighted by molar-refractivity contribution is -0.133. The van der Waals surface area contributed by atoms with Gasteiger partial charge in [-0.15, -0.1) is 0 Å². The lowest BCUT2D eigenvalue weighted by atomic mass is 10.1. The largest absolute Gasteiger partial charge is 0.497 e. The van der Waals surface area contributed by atoms with E-state index < -0.39 is 4.32 Å². The first kappa shape index (κ1) is 15.2. The summed E-state index contributed by atoms with van der Waals surface area (Å²) in [6, 6.07) is 8.05. The van der Waals surface area contributed by atoms with Crippen molar-refractivity contribution in [1.82, 2.24) is 4.90 Å². The maximum absolute atomic E-state index is 12.2. The van der Waals surface area contributed by atoms with Gasteiger partial charge in [-0.2, -0.15) is 0 Å². The van der Waals surface area contributed by atoms with Crippen LogP contribution in [0.25, 0.3) is 0 Å². The minimum absolute atomic E-state index is 0.155. The second kappa shape index (κ2) is 6.04. The summed E-state index contributed by atoms with van der Waals surface area (Å²) >= 11 is 3.44. The number of anilines is 1. The van der Waals surface area contributed by atoms with E-state index >= 15 is 0 Å². The molecular formula is C15H21BrN2O2. The molecule has 0 unspecified atom stereocenters. The van der Waals surface area contributed by atoms with Gasteiger partial charge in [-0.25, -0.2) is 0 Å². The third-order valence-electron chi connectivity index (χ3n) is 3.49. The molecule has 1 aromatic rings. The van der Waals surface area contributed by atoms with Crippen molar-refractivity contribution >= 4 is 27.5 Å². The standard InChI is InChI=1S/C15H21BrN2O2/c1-15(2,16)14(19)18-9-7-17(8-10-18)12-5-4-6-13(11-12)20-3/h4-6,11H,7-10H2,1-3H3. The van der Waals surface area contributed by atoms with E-state index in [1.165, 1.54) is 0 Å². The van der Waals surface area contributed by atoms with Gasteiger partial charge in [0.15, 0.2) is 0 Å². The lowest BCUT2D eigenvalue weighted by Crippen LogP contribution is -2.52. The number of carbonyl (C=O) groups is 1. The molecule has 4 nitrogen and oxygen atoms in total. The lowest BCUT2D eigenvalue weighted by Gasteiger charge is -2.38. The van der Waals surface area contributed by atoms with Crippen molar-refractivity contribution in [3.8, 4) is 5.75 Å². The van der Waals surface area contributed by atoms with Crippen molar-refractivity contribution in [2.24, 2.45) is 0 Å². The summed E-state index contributed by atoms with van der Waals surface area (Å²) in [7, 11) is 1.67. The summed E-state index contributed by atoms with van der Waals surface area (Å²) in [5, 5.41) is 0. The fraction of sp³-hybridized carbons (Fsp3) is 0.533. The molecule has 0 aromatic heterocycles. The molecule has 1 aliphatic heterocycles. The summed E-state index contributed by atoms with van der Waals surface area (Å²) in [4.78, 5) is 16.4. The first-order valence-electron chi connectivity index (χ1n) is 6.79. The number of halogens is 1. The topological polar surface area (TPSA) is 32.8 Å². The molecule has 5 heteroatoms. The quantitative estimate of drug-likeness (QED) is 0.792. The smallest absolute Gasteiger partial charge is 0.239 e. The molecule has 0 bridgehead atoms. The molecular weight excluding hydrogens is 320 g/mol. The van der Waals surface area contributed by atoms with Crippen molar-refractivity contribution in [3.05, 3.63) is 24.3 Å². The molecule has 1 saturated heterocycles. The van der Waals surface area contributed by atoms with Crippen molar-refractivity contribution in [2.75, 3.05) is 38.2 Å². The van der Waals surface area contributed by atoms with Gasteiger partial charge in [0.2, 0.25) is 5.91 Å². The SMILES string of the molecule is COc1cccc(N2CCN(C(=O)C(C)(C)Br)CC2)c1. The fourth-order valence-corrected chi connectivity index (χ4v) is 2.60. The Morgan fingerprint density at radius 1 is 1.25 bits per heavy atom. The van der Waals surface area contributed by atoms with E-state index in [4.69, 9.17) is 4.74 Å². The van der Waals surface area contributed by atoms with Gasteiger partial charge in [-0.05, 0) is 26.0 Å². The monoisotopic (exact) mass is 340 g/mol.